The molecule has 0 aliphatic carbocycles. The molecule has 1 aromatic carbocycles. The monoisotopic (exact) mass is 304 g/mol. The quantitative estimate of drug-likeness (QED) is 0.859. The molecule has 0 atom stereocenters. The van der Waals surface area contributed by atoms with Crippen molar-refractivity contribution in [2.24, 2.45) is 0 Å². The Morgan fingerprint density at radius 2 is 2.00 bits per heavy atom. The fourth-order valence-corrected chi connectivity index (χ4v) is 2.79. The number of hydrogen-bond donors (Lipinski definition) is 1. The summed E-state index contributed by atoms with van der Waals surface area (Å²) in [6.45, 7) is 2.21. The number of carbonyl (C=O) groups is 2. The van der Waals surface area contributed by atoms with Gasteiger partial charge in [-0.05, 0) is 12.5 Å². The first-order chi connectivity index (χ1) is 10.1. The molecule has 0 bridgehead atoms. The van der Waals surface area contributed by atoms with Crippen molar-refractivity contribution in [1.82, 2.24) is 10.3 Å². The number of benzene rings is 1. The summed E-state index contributed by atoms with van der Waals surface area (Å²) in [7, 11) is 1.33. The molecule has 2 rings (SSSR count). The van der Waals surface area contributed by atoms with Crippen molar-refractivity contribution in [1.29, 1.82) is 0 Å². The lowest BCUT2D eigenvalue weighted by molar-refractivity contribution is -0.120. The molecule has 0 radical (unpaired) electrons. The average Bonchev–Trinajstić information content (AvgIpc) is 2.86. The number of hydrogen-bond acceptors (Lipinski definition) is 5. The number of nitrogens with one attached hydrogen (secondary N) is 1. The number of aryl methyl sites for hydroxylation is 1. The summed E-state index contributed by atoms with van der Waals surface area (Å²) in [5, 5.41) is 3.44. The van der Waals surface area contributed by atoms with Crippen LogP contribution in [0.4, 0.5) is 0 Å². The normalized spacial score (nSPS) is 10.2. The van der Waals surface area contributed by atoms with Crippen molar-refractivity contribution < 1.29 is 14.3 Å². The Balaban J connectivity index is 1.92. The standard InChI is InChI=1S/C15H16N2O3S/c1-10-14(15(19)20-2)21-13(17-10)8-12(18)16-9-11-6-4-3-5-7-11/h3-7H,8-9H2,1-2H3,(H,16,18). The minimum Gasteiger partial charge on any atom is -0.465 e. The fourth-order valence-electron chi connectivity index (χ4n) is 1.81. The average molecular weight is 304 g/mol. The van der Waals surface area contributed by atoms with E-state index in [0.29, 0.717) is 22.1 Å². The molecule has 0 unspecified atom stereocenters. The Kier molecular flexibility index (Phi) is 5.05. The van der Waals surface area contributed by atoms with E-state index in [0.717, 1.165) is 5.56 Å². The number of rotatable bonds is 5. The number of aromatic nitrogens is 1. The lowest BCUT2D eigenvalue weighted by Crippen LogP contribution is -2.24. The SMILES string of the molecule is COC(=O)c1sc(CC(=O)NCc2ccccc2)nc1C. The zero-order valence-electron chi connectivity index (χ0n) is 11.9. The minimum atomic E-state index is -0.416. The van der Waals surface area contributed by atoms with Crippen LogP contribution in [0.2, 0.25) is 0 Å². The first kappa shape index (κ1) is 15.2. The topological polar surface area (TPSA) is 68.3 Å². The van der Waals surface area contributed by atoms with Crippen LogP contribution in [0.1, 0.15) is 25.9 Å². The van der Waals surface area contributed by atoms with E-state index in [1.807, 2.05) is 30.3 Å². The van der Waals surface area contributed by atoms with E-state index in [4.69, 9.17) is 0 Å². The highest BCUT2D eigenvalue weighted by molar-refractivity contribution is 7.13. The molecular weight excluding hydrogens is 288 g/mol. The number of methoxy groups -OCH3 is 1. The van der Waals surface area contributed by atoms with E-state index in [1.54, 1.807) is 6.92 Å². The molecule has 0 aliphatic rings. The lowest BCUT2D eigenvalue weighted by atomic mass is 10.2. The highest BCUT2D eigenvalue weighted by Gasteiger charge is 2.17. The Morgan fingerprint density at radius 1 is 1.29 bits per heavy atom. The predicted octanol–water partition coefficient (Wildman–Crippen LogP) is 2.10. The molecule has 21 heavy (non-hydrogen) atoms. The van der Waals surface area contributed by atoms with Crippen molar-refractivity contribution in [3.8, 4) is 0 Å². The summed E-state index contributed by atoms with van der Waals surface area (Å²) in [5.41, 5.74) is 1.63. The van der Waals surface area contributed by atoms with Crippen LogP contribution in [0.3, 0.4) is 0 Å². The van der Waals surface area contributed by atoms with Gasteiger partial charge in [0.2, 0.25) is 5.91 Å². The van der Waals surface area contributed by atoms with Crippen molar-refractivity contribution in [3.05, 3.63) is 51.5 Å². The van der Waals surface area contributed by atoms with E-state index >= 15 is 0 Å². The molecule has 0 aliphatic heterocycles. The van der Waals surface area contributed by atoms with Crippen molar-refractivity contribution in [2.45, 2.75) is 19.9 Å². The van der Waals surface area contributed by atoms with Gasteiger partial charge < -0.3 is 10.1 Å². The summed E-state index contributed by atoms with van der Waals surface area (Å²) < 4.78 is 4.67. The molecule has 1 N–H and O–H groups in total. The molecule has 0 saturated heterocycles. The molecule has 0 spiro atoms. The first-order valence-electron chi connectivity index (χ1n) is 6.45. The van der Waals surface area contributed by atoms with Gasteiger partial charge in [0.05, 0.1) is 19.2 Å². The molecule has 6 heteroatoms. The maximum atomic E-state index is 11.9. The molecule has 1 heterocycles. The van der Waals surface area contributed by atoms with Crippen LogP contribution in [0.15, 0.2) is 30.3 Å². The molecule has 110 valence electrons. The lowest BCUT2D eigenvalue weighted by Gasteiger charge is -2.03. The van der Waals surface area contributed by atoms with Crippen LogP contribution in [0.5, 0.6) is 0 Å². The highest BCUT2D eigenvalue weighted by atomic mass is 32.1. The highest BCUT2D eigenvalue weighted by Crippen LogP contribution is 2.19. The first-order valence-corrected chi connectivity index (χ1v) is 7.27. The van der Waals surface area contributed by atoms with Gasteiger partial charge in [0.15, 0.2) is 0 Å². The fraction of sp³-hybridized carbons (Fsp3) is 0.267. The third kappa shape index (κ3) is 4.13. The summed E-state index contributed by atoms with van der Waals surface area (Å²) in [6.07, 6.45) is 0.162. The Hall–Kier alpha value is -2.21. The zero-order chi connectivity index (χ0) is 15.2. The van der Waals surface area contributed by atoms with Gasteiger partial charge in [0.25, 0.3) is 0 Å². The van der Waals surface area contributed by atoms with Gasteiger partial charge in [-0.25, -0.2) is 9.78 Å². The number of thiazole rings is 1. The largest absolute Gasteiger partial charge is 0.465 e. The summed E-state index contributed by atoms with van der Waals surface area (Å²) in [6, 6.07) is 9.67. The number of ether oxygens (including phenoxy) is 1. The van der Waals surface area contributed by atoms with Crippen LogP contribution < -0.4 is 5.32 Å². The second-order valence-electron chi connectivity index (χ2n) is 4.45. The van der Waals surface area contributed by atoms with Gasteiger partial charge in [-0.15, -0.1) is 11.3 Å². The van der Waals surface area contributed by atoms with Crippen molar-refractivity contribution in [3.63, 3.8) is 0 Å². The van der Waals surface area contributed by atoms with Crippen LogP contribution in [-0.4, -0.2) is 24.0 Å². The van der Waals surface area contributed by atoms with Gasteiger partial charge in [-0.2, -0.15) is 0 Å². The van der Waals surface area contributed by atoms with Crippen LogP contribution in [0, 0.1) is 6.92 Å². The molecule has 0 saturated carbocycles. The minimum absolute atomic E-state index is 0.121. The molecule has 2 aromatic rings. The number of nitrogens with zero attached hydrogens (tertiary/aromatic N) is 1. The molecular formula is C15H16N2O3S. The van der Waals surface area contributed by atoms with Crippen LogP contribution >= 0.6 is 11.3 Å². The Morgan fingerprint density at radius 3 is 2.67 bits per heavy atom. The zero-order valence-corrected chi connectivity index (χ0v) is 12.7. The molecule has 5 nitrogen and oxygen atoms in total. The number of esters is 1. The van der Waals surface area contributed by atoms with Crippen molar-refractivity contribution >= 4 is 23.2 Å². The number of amides is 1. The summed E-state index contributed by atoms with van der Waals surface area (Å²) >= 11 is 1.20. The maximum Gasteiger partial charge on any atom is 0.349 e. The Labute approximate surface area is 127 Å². The third-order valence-corrected chi connectivity index (χ3v) is 3.99. The number of carbonyl (C=O) groups excluding carboxylic acids is 2. The summed E-state index contributed by atoms with van der Waals surface area (Å²) in [5.74, 6) is -0.537. The van der Waals surface area contributed by atoms with Gasteiger partial charge in [-0.3, -0.25) is 4.79 Å². The van der Waals surface area contributed by atoms with E-state index < -0.39 is 5.97 Å². The Bertz CT molecular complexity index is 638. The van der Waals surface area contributed by atoms with E-state index in [9.17, 15) is 9.59 Å². The van der Waals surface area contributed by atoms with Crippen LogP contribution in [-0.2, 0) is 22.5 Å². The maximum absolute atomic E-state index is 11.9. The predicted molar refractivity (Wildman–Crippen MR) is 80.2 cm³/mol. The van der Waals surface area contributed by atoms with E-state index in [1.165, 1.54) is 18.4 Å². The summed E-state index contributed by atoms with van der Waals surface area (Å²) in [4.78, 5) is 28.1. The third-order valence-electron chi connectivity index (χ3n) is 2.86. The molecule has 1 aromatic heterocycles. The smallest absolute Gasteiger partial charge is 0.349 e. The second kappa shape index (κ2) is 6.99. The van der Waals surface area contributed by atoms with Crippen LogP contribution in [0.25, 0.3) is 0 Å². The molecule has 0 fully saturated rings. The van der Waals surface area contributed by atoms with Crippen molar-refractivity contribution in [2.75, 3.05) is 7.11 Å². The van der Waals surface area contributed by atoms with Gasteiger partial charge >= 0.3 is 5.97 Å². The van der Waals surface area contributed by atoms with E-state index in [2.05, 4.69) is 15.0 Å². The van der Waals surface area contributed by atoms with Gasteiger partial charge in [0.1, 0.15) is 9.88 Å². The molecule has 1 amide bonds. The van der Waals surface area contributed by atoms with Gasteiger partial charge in [0, 0.05) is 6.54 Å². The second-order valence-corrected chi connectivity index (χ2v) is 5.54. The van der Waals surface area contributed by atoms with E-state index in [-0.39, 0.29) is 12.3 Å². The van der Waals surface area contributed by atoms with Gasteiger partial charge in [-0.1, -0.05) is 30.3 Å².